The number of carbonyl (C=O) groups is 1. The third-order valence-electron chi connectivity index (χ3n) is 3.52. The lowest BCUT2D eigenvalue weighted by molar-refractivity contribution is -0.116. The Morgan fingerprint density at radius 1 is 1.08 bits per heavy atom. The first-order chi connectivity index (χ1) is 12.2. The molecule has 25 heavy (non-hydrogen) atoms. The smallest absolute Gasteiger partial charge is 0.224 e. The van der Waals surface area contributed by atoms with Crippen LogP contribution in [0.25, 0.3) is 0 Å². The molecular formula is C19H19N3O3. The minimum absolute atomic E-state index is 0.103. The van der Waals surface area contributed by atoms with Gasteiger partial charge in [-0.2, -0.15) is 0 Å². The van der Waals surface area contributed by atoms with Crippen LogP contribution in [-0.2, 0) is 17.8 Å². The van der Waals surface area contributed by atoms with E-state index in [2.05, 4.69) is 15.5 Å². The van der Waals surface area contributed by atoms with E-state index in [0.717, 1.165) is 17.0 Å². The Balaban J connectivity index is 1.46. The fourth-order valence-electron chi connectivity index (χ4n) is 2.26. The second-order valence-electron chi connectivity index (χ2n) is 5.56. The van der Waals surface area contributed by atoms with Crippen molar-refractivity contribution in [3.63, 3.8) is 0 Å². The van der Waals surface area contributed by atoms with Gasteiger partial charge in [0.2, 0.25) is 17.7 Å². The van der Waals surface area contributed by atoms with Crippen LogP contribution in [0, 0.1) is 6.92 Å². The first-order valence-corrected chi connectivity index (χ1v) is 8.05. The first kappa shape index (κ1) is 16.7. The molecule has 0 unspecified atom stereocenters. The number of nitrogens with one attached hydrogen (secondary N) is 1. The molecule has 1 N–H and O–H groups in total. The number of anilines is 1. The summed E-state index contributed by atoms with van der Waals surface area (Å²) in [5.74, 6) is 1.62. The van der Waals surface area contributed by atoms with E-state index < -0.39 is 0 Å². The number of aromatic nitrogens is 2. The average molecular weight is 337 g/mol. The molecule has 0 saturated heterocycles. The van der Waals surface area contributed by atoms with Crippen LogP contribution in [0.4, 0.5) is 5.69 Å². The highest BCUT2D eigenvalue weighted by atomic mass is 16.5. The summed E-state index contributed by atoms with van der Waals surface area (Å²) >= 11 is 0. The fraction of sp³-hybridized carbons (Fsp3) is 0.211. The predicted molar refractivity (Wildman–Crippen MR) is 93.2 cm³/mol. The van der Waals surface area contributed by atoms with E-state index in [1.165, 1.54) is 0 Å². The standard InChI is InChI=1S/C19H19N3O3/c1-14-21-22-19(25-14)12-11-18(23)20-16-7-9-17(10-8-16)24-13-15-5-3-2-4-6-15/h2-10H,11-13H2,1H3,(H,20,23). The number of nitrogens with zero attached hydrogens (tertiary/aromatic N) is 2. The Hall–Kier alpha value is -3.15. The lowest BCUT2D eigenvalue weighted by atomic mass is 10.2. The largest absolute Gasteiger partial charge is 0.489 e. The Morgan fingerprint density at radius 3 is 2.52 bits per heavy atom. The van der Waals surface area contributed by atoms with Crippen molar-refractivity contribution in [1.82, 2.24) is 10.2 Å². The normalized spacial score (nSPS) is 10.4. The van der Waals surface area contributed by atoms with Gasteiger partial charge in [0.15, 0.2) is 0 Å². The highest BCUT2D eigenvalue weighted by molar-refractivity contribution is 5.90. The average Bonchev–Trinajstić information content (AvgIpc) is 3.06. The maximum absolute atomic E-state index is 12.0. The molecule has 1 amide bonds. The number of amides is 1. The van der Waals surface area contributed by atoms with Gasteiger partial charge in [-0.1, -0.05) is 30.3 Å². The van der Waals surface area contributed by atoms with Crippen LogP contribution in [0.1, 0.15) is 23.8 Å². The molecule has 0 aliphatic carbocycles. The molecule has 1 heterocycles. The van der Waals surface area contributed by atoms with Crippen LogP contribution in [-0.4, -0.2) is 16.1 Å². The van der Waals surface area contributed by atoms with Crippen LogP contribution in [0.5, 0.6) is 5.75 Å². The predicted octanol–water partition coefficient (Wildman–Crippen LogP) is 3.53. The summed E-state index contributed by atoms with van der Waals surface area (Å²) in [5.41, 5.74) is 1.83. The van der Waals surface area contributed by atoms with Gasteiger partial charge in [-0.05, 0) is 29.8 Å². The van der Waals surface area contributed by atoms with Crippen molar-refractivity contribution in [2.75, 3.05) is 5.32 Å². The zero-order valence-electron chi connectivity index (χ0n) is 13.9. The zero-order chi connectivity index (χ0) is 17.5. The van der Waals surface area contributed by atoms with E-state index in [9.17, 15) is 4.79 Å². The second kappa shape index (κ2) is 8.10. The molecule has 0 radical (unpaired) electrons. The summed E-state index contributed by atoms with van der Waals surface area (Å²) in [6, 6.07) is 17.3. The summed E-state index contributed by atoms with van der Waals surface area (Å²) in [6.07, 6.45) is 0.707. The van der Waals surface area contributed by atoms with Crippen LogP contribution in [0.2, 0.25) is 0 Å². The number of ether oxygens (including phenoxy) is 1. The highest BCUT2D eigenvalue weighted by Crippen LogP contribution is 2.17. The second-order valence-corrected chi connectivity index (χ2v) is 5.56. The zero-order valence-corrected chi connectivity index (χ0v) is 13.9. The van der Waals surface area contributed by atoms with Gasteiger partial charge in [-0.3, -0.25) is 4.79 Å². The van der Waals surface area contributed by atoms with Crippen molar-refractivity contribution in [3.8, 4) is 5.75 Å². The molecule has 1 aromatic heterocycles. The molecule has 2 aromatic carbocycles. The van der Waals surface area contributed by atoms with E-state index in [1.807, 2.05) is 54.6 Å². The SMILES string of the molecule is Cc1nnc(CCC(=O)Nc2ccc(OCc3ccccc3)cc2)o1. The molecule has 0 saturated carbocycles. The molecule has 6 heteroatoms. The molecular weight excluding hydrogens is 318 g/mol. The molecule has 128 valence electrons. The van der Waals surface area contributed by atoms with E-state index in [-0.39, 0.29) is 12.3 Å². The van der Waals surface area contributed by atoms with Crippen molar-refractivity contribution in [1.29, 1.82) is 0 Å². The summed E-state index contributed by atoms with van der Waals surface area (Å²) in [7, 11) is 0. The van der Waals surface area contributed by atoms with Crippen LogP contribution >= 0.6 is 0 Å². The Labute approximate surface area is 145 Å². The number of hydrogen-bond donors (Lipinski definition) is 1. The van der Waals surface area contributed by atoms with E-state index >= 15 is 0 Å². The van der Waals surface area contributed by atoms with Crippen LogP contribution in [0.3, 0.4) is 0 Å². The fourth-order valence-corrected chi connectivity index (χ4v) is 2.26. The maximum Gasteiger partial charge on any atom is 0.224 e. The lowest BCUT2D eigenvalue weighted by Crippen LogP contribution is -2.12. The van der Waals surface area contributed by atoms with Crippen molar-refractivity contribution in [2.45, 2.75) is 26.4 Å². The number of hydrogen-bond acceptors (Lipinski definition) is 5. The quantitative estimate of drug-likeness (QED) is 0.713. The molecule has 0 aliphatic rings. The molecule has 0 fully saturated rings. The van der Waals surface area contributed by atoms with E-state index in [0.29, 0.717) is 24.8 Å². The number of rotatable bonds is 7. The van der Waals surface area contributed by atoms with Crippen molar-refractivity contribution in [3.05, 3.63) is 71.9 Å². The Kier molecular flexibility index (Phi) is 5.41. The van der Waals surface area contributed by atoms with Crippen molar-refractivity contribution >= 4 is 11.6 Å². The van der Waals surface area contributed by atoms with Gasteiger partial charge in [0, 0.05) is 25.5 Å². The Morgan fingerprint density at radius 2 is 1.84 bits per heavy atom. The number of benzene rings is 2. The van der Waals surface area contributed by atoms with E-state index in [1.54, 1.807) is 6.92 Å². The lowest BCUT2D eigenvalue weighted by Gasteiger charge is -2.08. The highest BCUT2D eigenvalue weighted by Gasteiger charge is 2.07. The van der Waals surface area contributed by atoms with Crippen LogP contribution in [0.15, 0.2) is 59.0 Å². The van der Waals surface area contributed by atoms with Gasteiger partial charge >= 0.3 is 0 Å². The summed E-state index contributed by atoms with van der Waals surface area (Å²) in [5, 5.41) is 10.4. The van der Waals surface area contributed by atoms with Gasteiger partial charge < -0.3 is 14.5 Å². The van der Waals surface area contributed by atoms with Crippen molar-refractivity contribution < 1.29 is 13.9 Å². The molecule has 0 bridgehead atoms. The molecule has 0 atom stereocenters. The monoisotopic (exact) mass is 337 g/mol. The van der Waals surface area contributed by atoms with E-state index in [4.69, 9.17) is 9.15 Å². The van der Waals surface area contributed by atoms with Crippen molar-refractivity contribution in [2.24, 2.45) is 0 Å². The molecule has 0 spiro atoms. The van der Waals surface area contributed by atoms with Gasteiger partial charge in [-0.15, -0.1) is 10.2 Å². The van der Waals surface area contributed by atoms with Gasteiger partial charge in [0.25, 0.3) is 0 Å². The Bertz CT molecular complexity index is 813. The maximum atomic E-state index is 12.0. The van der Waals surface area contributed by atoms with Crippen LogP contribution < -0.4 is 10.1 Å². The third kappa shape index (κ3) is 5.17. The molecule has 3 aromatic rings. The van der Waals surface area contributed by atoms with Gasteiger partial charge in [0.1, 0.15) is 12.4 Å². The molecule has 6 nitrogen and oxygen atoms in total. The summed E-state index contributed by atoms with van der Waals surface area (Å²) in [6.45, 7) is 2.23. The summed E-state index contributed by atoms with van der Waals surface area (Å²) in [4.78, 5) is 12.0. The molecule has 0 aliphatic heterocycles. The van der Waals surface area contributed by atoms with Gasteiger partial charge in [0.05, 0.1) is 0 Å². The topological polar surface area (TPSA) is 77.2 Å². The summed E-state index contributed by atoms with van der Waals surface area (Å²) < 4.78 is 11.0. The van der Waals surface area contributed by atoms with Gasteiger partial charge in [-0.25, -0.2) is 0 Å². The molecule has 3 rings (SSSR count). The first-order valence-electron chi connectivity index (χ1n) is 8.05. The number of carbonyl (C=O) groups excluding carboxylic acids is 1. The minimum Gasteiger partial charge on any atom is -0.489 e. The third-order valence-corrected chi connectivity index (χ3v) is 3.52. The minimum atomic E-state index is -0.103. The number of aryl methyl sites for hydroxylation is 2.